The first-order valence-corrected chi connectivity index (χ1v) is 8.65. The Morgan fingerprint density at radius 3 is 2.80 bits per heavy atom. The number of nitrogens with two attached hydrogens (primary N) is 1. The highest BCUT2D eigenvalue weighted by Gasteiger charge is 2.32. The maximum absolute atomic E-state index is 12.7. The number of amides is 1. The molecule has 2 N–H and O–H groups in total. The average molecular weight is 342 g/mol. The first-order chi connectivity index (χ1) is 12.1. The summed E-state index contributed by atoms with van der Waals surface area (Å²) in [5, 5.41) is 8.81. The van der Waals surface area contributed by atoms with Crippen LogP contribution in [0.1, 0.15) is 53.7 Å². The van der Waals surface area contributed by atoms with E-state index in [2.05, 4.69) is 26.7 Å². The number of anilines is 1. The van der Waals surface area contributed by atoms with Crippen LogP contribution in [0.25, 0.3) is 0 Å². The second-order valence-electron chi connectivity index (χ2n) is 6.74. The van der Waals surface area contributed by atoms with Gasteiger partial charge >= 0.3 is 0 Å². The standard InChI is InChI=1S/C17H22N6O2/c1-11-9-22(17(24)13-2-3-14(18)19-8-13)10-15-20-21-16(23(11)15)12-4-6-25-7-5-12/h2-3,8,11-12H,4-7,9-10H2,1H3,(H2,18,19)/t11-/m0/s1. The molecule has 2 aromatic heterocycles. The fourth-order valence-electron chi connectivity index (χ4n) is 3.66. The highest BCUT2D eigenvalue weighted by molar-refractivity contribution is 5.94. The lowest BCUT2D eigenvalue weighted by molar-refractivity contribution is 0.0668. The van der Waals surface area contributed by atoms with Crippen LogP contribution < -0.4 is 5.73 Å². The van der Waals surface area contributed by atoms with E-state index in [4.69, 9.17) is 10.5 Å². The van der Waals surface area contributed by atoms with Crippen LogP contribution in [0, 0.1) is 0 Å². The van der Waals surface area contributed by atoms with E-state index in [0.717, 1.165) is 37.7 Å². The summed E-state index contributed by atoms with van der Waals surface area (Å²) in [7, 11) is 0. The van der Waals surface area contributed by atoms with Crippen LogP contribution >= 0.6 is 0 Å². The molecule has 4 rings (SSSR count). The molecular formula is C17H22N6O2. The molecule has 2 aliphatic heterocycles. The molecule has 0 radical (unpaired) electrons. The number of aromatic nitrogens is 4. The van der Waals surface area contributed by atoms with Crippen molar-refractivity contribution in [3.63, 3.8) is 0 Å². The topological polar surface area (TPSA) is 99.2 Å². The van der Waals surface area contributed by atoms with E-state index in [1.165, 1.54) is 6.20 Å². The highest BCUT2D eigenvalue weighted by atomic mass is 16.5. The molecule has 4 heterocycles. The number of rotatable bonds is 2. The van der Waals surface area contributed by atoms with Gasteiger partial charge in [0.15, 0.2) is 5.82 Å². The van der Waals surface area contributed by atoms with Crippen LogP contribution in [0.15, 0.2) is 18.3 Å². The molecule has 0 aliphatic carbocycles. The van der Waals surface area contributed by atoms with Gasteiger partial charge in [0.2, 0.25) is 0 Å². The molecule has 1 fully saturated rings. The molecule has 132 valence electrons. The number of pyridine rings is 1. The van der Waals surface area contributed by atoms with Gasteiger partial charge < -0.3 is 19.9 Å². The second kappa shape index (κ2) is 6.44. The quantitative estimate of drug-likeness (QED) is 0.885. The van der Waals surface area contributed by atoms with Crippen LogP contribution in [-0.2, 0) is 11.3 Å². The molecule has 1 saturated heterocycles. The van der Waals surface area contributed by atoms with Crippen LogP contribution in [0.3, 0.4) is 0 Å². The maximum Gasteiger partial charge on any atom is 0.255 e. The summed E-state index contributed by atoms with van der Waals surface area (Å²) in [6.07, 6.45) is 3.48. The Morgan fingerprint density at radius 2 is 2.08 bits per heavy atom. The van der Waals surface area contributed by atoms with Crippen molar-refractivity contribution >= 4 is 11.7 Å². The normalized spacial score (nSPS) is 21.2. The molecule has 0 aromatic carbocycles. The minimum absolute atomic E-state index is 0.0544. The molecule has 0 spiro atoms. The molecule has 0 saturated carbocycles. The fraction of sp³-hybridized carbons (Fsp3) is 0.529. The summed E-state index contributed by atoms with van der Waals surface area (Å²) in [6.45, 7) is 4.75. The molecule has 0 unspecified atom stereocenters. The predicted molar refractivity (Wildman–Crippen MR) is 90.9 cm³/mol. The van der Waals surface area contributed by atoms with Crippen molar-refractivity contribution < 1.29 is 9.53 Å². The average Bonchev–Trinajstić information content (AvgIpc) is 3.07. The van der Waals surface area contributed by atoms with Crippen molar-refractivity contribution in [2.75, 3.05) is 25.5 Å². The molecular weight excluding hydrogens is 320 g/mol. The summed E-state index contributed by atoms with van der Waals surface area (Å²) in [5.74, 6) is 2.62. The summed E-state index contributed by atoms with van der Waals surface area (Å²) >= 11 is 0. The van der Waals surface area contributed by atoms with E-state index >= 15 is 0 Å². The first-order valence-electron chi connectivity index (χ1n) is 8.65. The molecule has 1 amide bonds. The number of nitrogens with zero attached hydrogens (tertiary/aromatic N) is 5. The molecule has 2 aromatic rings. The molecule has 2 aliphatic rings. The Hall–Kier alpha value is -2.48. The highest BCUT2D eigenvalue weighted by Crippen LogP contribution is 2.31. The number of ether oxygens (including phenoxy) is 1. The summed E-state index contributed by atoms with van der Waals surface area (Å²) in [5.41, 5.74) is 6.14. The lowest BCUT2D eigenvalue weighted by atomic mass is 9.98. The van der Waals surface area contributed by atoms with Crippen molar-refractivity contribution in [1.29, 1.82) is 0 Å². The van der Waals surface area contributed by atoms with Gasteiger partial charge in [0.25, 0.3) is 5.91 Å². The minimum Gasteiger partial charge on any atom is -0.384 e. The lowest BCUT2D eigenvalue weighted by Crippen LogP contribution is -2.41. The molecule has 8 nitrogen and oxygen atoms in total. The Morgan fingerprint density at radius 1 is 1.28 bits per heavy atom. The second-order valence-corrected chi connectivity index (χ2v) is 6.74. The van der Waals surface area contributed by atoms with Crippen molar-refractivity contribution in [3.8, 4) is 0 Å². The van der Waals surface area contributed by atoms with Gasteiger partial charge in [-0.2, -0.15) is 0 Å². The predicted octanol–water partition coefficient (Wildman–Crippen LogP) is 1.37. The largest absolute Gasteiger partial charge is 0.384 e. The van der Waals surface area contributed by atoms with Gasteiger partial charge in [-0.25, -0.2) is 4.98 Å². The maximum atomic E-state index is 12.7. The van der Waals surface area contributed by atoms with Crippen molar-refractivity contribution in [1.82, 2.24) is 24.6 Å². The number of carbonyl (C=O) groups excluding carboxylic acids is 1. The van der Waals surface area contributed by atoms with Gasteiger partial charge in [-0.3, -0.25) is 4.79 Å². The molecule has 1 atom stereocenters. The van der Waals surface area contributed by atoms with Gasteiger partial charge in [0, 0.05) is 31.9 Å². The van der Waals surface area contributed by atoms with E-state index < -0.39 is 0 Å². The number of hydrogen-bond donors (Lipinski definition) is 1. The van der Waals surface area contributed by atoms with Crippen LogP contribution in [0.4, 0.5) is 5.82 Å². The lowest BCUT2D eigenvalue weighted by Gasteiger charge is -2.34. The van der Waals surface area contributed by atoms with Crippen molar-refractivity contribution in [2.24, 2.45) is 0 Å². The van der Waals surface area contributed by atoms with Crippen molar-refractivity contribution in [3.05, 3.63) is 35.5 Å². The molecule has 8 heteroatoms. The summed E-state index contributed by atoms with van der Waals surface area (Å²) < 4.78 is 7.66. The number of carbonyl (C=O) groups is 1. The van der Waals surface area contributed by atoms with Gasteiger partial charge in [-0.05, 0) is 31.9 Å². The Balaban J connectivity index is 1.56. The number of fused-ring (bicyclic) bond motifs is 1. The van der Waals surface area contributed by atoms with E-state index in [1.54, 1.807) is 17.0 Å². The van der Waals surface area contributed by atoms with E-state index in [0.29, 0.717) is 30.4 Å². The Labute approximate surface area is 146 Å². The van der Waals surface area contributed by atoms with Crippen LogP contribution in [0.5, 0.6) is 0 Å². The van der Waals surface area contributed by atoms with Crippen molar-refractivity contribution in [2.45, 2.75) is 38.3 Å². The number of hydrogen-bond acceptors (Lipinski definition) is 6. The van der Waals surface area contributed by atoms with E-state index in [9.17, 15) is 4.79 Å². The van der Waals surface area contributed by atoms with Gasteiger partial charge in [-0.1, -0.05) is 0 Å². The van der Waals surface area contributed by atoms with Gasteiger partial charge in [-0.15, -0.1) is 10.2 Å². The van der Waals surface area contributed by atoms with Crippen LogP contribution in [-0.4, -0.2) is 50.3 Å². The zero-order valence-electron chi connectivity index (χ0n) is 14.3. The monoisotopic (exact) mass is 342 g/mol. The van der Waals surface area contributed by atoms with E-state index in [1.807, 2.05) is 0 Å². The fourth-order valence-corrected chi connectivity index (χ4v) is 3.66. The van der Waals surface area contributed by atoms with Crippen LogP contribution in [0.2, 0.25) is 0 Å². The summed E-state index contributed by atoms with van der Waals surface area (Å²) in [6, 6.07) is 3.50. The third-order valence-electron chi connectivity index (χ3n) is 4.96. The SMILES string of the molecule is C[C@H]1CN(C(=O)c2ccc(N)nc2)Cc2nnc(C3CCOCC3)n21. The molecule has 0 bridgehead atoms. The third kappa shape index (κ3) is 2.97. The Bertz CT molecular complexity index is 766. The summed E-state index contributed by atoms with van der Waals surface area (Å²) in [4.78, 5) is 18.6. The van der Waals surface area contributed by atoms with Gasteiger partial charge in [0.1, 0.15) is 11.6 Å². The zero-order chi connectivity index (χ0) is 17.4. The Kier molecular flexibility index (Phi) is 4.12. The third-order valence-corrected chi connectivity index (χ3v) is 4.96. The molecule has 25 heavy (non-hydrogen) atoms. The van der Waals surface area contributed by atoms with E-state index in [-0.39, 0.29) is 11.9 Å². The number of nitrogen functional groups attached to an aromatic ring is 1. The minimum atomic E-state index is -0.0544. The van der Waals surface area contributed by atoms with Gasteiger partial charge in [0.05, 0.1) is 18.2 Å². The smallest absolute Gasteiger partial charge is 0.255 e. The first kappa shape index (κ1) is 16.0. The zero-order valence-corrected chi connectivity index (χ0v) is 14.3.